The molecule has 3 saturated heterocycles. The average molecular weight is 406 g/mol. The van der Waals surface area contributed by atoms with Crippen molar-refractivity contribution in [1.82, 2.24) is 19.7 Å². The van der Waals surface area contributed by atoms with Gasteiger partial charge in [0.15, 0.2) is 11.4 Å². The number of hydrogen-bond donors (Lipinski definition) is 0. The minimum atomic E-state index is -0.371. The van der Waals surface area contributed by atoms with Gasteiger partial charge < -0.3 is 19.1 Å². The van der Waals surface area contributed by atoms with Crippen LogP contribution in [0.2, 0.25) is 5.28 Å². The van der Waals surface area contributed by atoms with Crippen molar-refractivity contribution in [3.63, 3.8) is 0 Å². The maximum Gasteiger partial charge on any atom is 0.226 e. The van der Waals surface area contributed by atoms with Crippen LogP contribution in [0.3, 0.4) is 0 Å². The number of anilines is 1. The van der Waals surface area contributed by atoms with Crippen LogP contribution in [0.1, 0.15) is 44.6 Å². The summed E-state index contributed by atoms with van der Waals surface area (Å²) in [6.07, 6.45) is 8.40. The lowest BCUT2D eigenvalue weighted by atomic mass is 9.90. The Hall–Kier alpha value is -1.48. The van der Waals surface area contributed by atoms with Gasteiger partial charge in [-0.25, -0.2) is 4.68 Å². The summed E-state index contributed by atoms with van der Waals surface area (Å²) < 4.78 is 19.7. The first-order chi connectivity index (χ1) is 13.7. The maximum absolute atomic E-state index is 6.34. The lowest BCUT2D eigenvalue weighted by Gasteiger charge is -2.35. The smallest absolute Gasteiger partial charge is 0.226 e. The van der Waals surface area contributed by atoms with E-state index in [-0.39, 0.29) is 17.1 Å². The number of aromatic nitrogens is 4. The molecule has 0 amide bonds. The van der Waals surface area contributed by atoms with Gasteiger partial charge in [0.25, 0.3) is 0 Å². The second kappa shape index (κ2) is 6.52. The Labute approximate surface area is 168 Å². The second-order valence-electron chi connectivity index (χ2n) is 8.34. The first-order valence-electron chi connectivity index (χ1n) is 10.3. The Morgan fingerprint density at radius 2 is 1.71 bits per heavy atom. The molecule has 8 nitrogen and oxygen atoms in total. The molecule has 2 aromatic rings. The standard InChI is InChI=1S/C19H24ClN5O3/c20-18-22-16(24-10-13-1-2-14(11-24)28-13)15-9-21-25(17(15)23-18)12-3-5-19(6-4-12)26-7-8-27-19/h9,12-14H,1-8,10-11H2/t13-,14+. The molecular weight excluding hydrogens is 382 g/mol. The average Bonchev–Trinajstić information content (AvgIpc) is 3.41. The van der Waals surface area contributed by atoms with Gasteiger partial charge in [-0.1, -0.05) is 0 Å². The normalized spacial score (nSPS) is 30.0. The quantitative estimate of drug-likeness (QED) is 0.711. The Bertz CT molecular complexity index is 877. The number of ether oxygens (including phenoxy) is 3. The van der Waals surface area contributed by atoms with Gasteiger partial charge in [0.1, 0.15) is 5.82 Å². The van der Waals surface area contributed by atoms with E-state index >= 15 is 0 Å². The van der Waals surface area contributed by atoms with E-state index in [0.717, 1.165) is 68.5 Å². The third-order valence-corrected chi connectivity index (χ3v) is 6.79. The van der Waals surface area contributed by atoms with E-state index in [1.165, 1.54) is 0 Å². The van der Waals surface area contributed by atoms with E-state index in [2.05, 4.69) is 14.9 Å². The minimum Gasteiger partial charge on any atom is -0.371 e. The highest BCUT2D eigenvalue weighted by Gasteiger charge is 2.41. The van der Waals surface area contributed by atoms with Crippen LogP contribution in [-0.4, -0.2) is 64.0 Å². The number of fused-ring (bicyclic) bond motifs is 3. The zero-order valence-corrected chi connectivity index (χ0v) is 16.5. The molecule has 4 aliphatic rings. The van der Waals surface area contributed by atoms with Crippen LogP contribution in [0.15, 0.2) is 6.20 Å². The molecule has 1 saturated carbocycles. The van der Waals surface area contributed by atoms with Crippen molar-refractivity contribution in [2.24, 2.45) is 0 Å². The third-order valence-electron chi connectivity index (χ3n) is 6.63. The molecule has 3 aliphatic heterocycles. The molecule has 4 fully saturated rings. The van der Waals surface area contributed by atoms with Gasteiger partial charge in [-0.05, 0) is 37.3 Å². The number of halogens is 1. The largest absolute Gasteiger partial charge is 0.371 e. The predicted octanol–water partition coefficient (Wildman–Crippen LogP) is 2.71. The van der Waals surface area contributed by atoms with Crippen molar-refractivity contribution in [1.29, 1.82) is 0 Å². The highest BCUT2D eigenvalue weighted by atomic mass is 35.5. The van der Waals surface area contributed by atoms with Gasteiger partial charge in [0, 0.05) is 25.9 Å². The Morgan fingerprint density at radius 3 is 2.43 bits per heavy atom. The van der Waals surface area contributed by atoms with Gasteiger partial charge in [0.05, 0.1) is 43.0 Å². The van der Waals surface area contributed by atoms with E-state index < -0.39 is 0 Å². The van der Waals surface area contributed by atoms with Crippen molar-refractivity contribution >= 4 is 28.5 Å². The summed E-state index contributed by atoms with van der Waals surface area (Å²) in [6.45, 7) is 3.10. The van der Waals surface area contributed by atoms with Crippen molar-refractivity contribution in [3.05, 3.63) is 11.5 Å². The molecule has 28 heavy (non-hydrogen) atoms. The third kappa shape index (κ3) is 2.81. The number of rotatable bonds is 2. The monoisotopic (exact) mass is 405 g/mol. The van der Waals surface area contributed by atoms with Crippen molar-refractivity contribution in [2.75, 3.05) is 31.2 Å². The van der Waals surface area contributed by atoms with Crippen LogP contribution in [0, 0.1) is 0 Å². The summed E-state index contributed by atoms with van der Waals surface area (Å²) in [5, 5.41) is 5.95. The molecule has 2 aromatic heterocycles. The summed E-state index contributed by atoms with van der Waals surface area (Å²) in [6, 6.07) is 0.274. The van der Waals surface area contributed by atoms with Crippen molar-refractivity contribution in [3.8, 4) is 0 Å². The van der Waals surface area contributed by atoms with Crippen molar-refractivity contribution in [2.45, 2.75) is 62.6 Å². The van der Waals surface area contributed by atoms with Crippen LogP contribution in [0.25, 0.3) is 11.0 Å². The topological polar surface area (TPSA) is 74.5 Å². The molecule has 9 heteroatoms. The second-order valence-corrected chi connectivity index (χ2v) is 8.68. The molecule has 2 atom stereocenters. The van der Waals surface area contributed by atoms with E-state index in [9.17, 15) is 0 Å². The summed E-state index contributed by atoms with van der Waals surface area (Å²) in [5.41, 5.74) is 0.822. The summed E-state index contributed by atoms with van der Waals surface area (Å²) in [4.78, 5) is 11.4. The van der Waals surface area contributed by atoms with Crippen LogP contribution in [-0.2, 0) is 14.2 Å². The van der Waals surface area contributed by atoms with Crippen molar-refractivity contribution < 1.29 is 14.2 Å². The molecule has 1 aliphatic carbocycles. The highest BCUT2D eigenvalue weighted by Crippen LogP contribution is 2.41. The van der Waals surface area contributed by atoms with Gasteiger partial charge >= 0.3 is 0 Å². The van der Waals surface area contributed by atoms with Crippen LogP contribution < -0.4 is 4.90 Å². The van der Waals surface area contributed by atoms with E-state index in [1.54, 1.807) is 0 Å². The molecule has 150 valence electrons. The molecule has 0 aromatic carbocycles. The Balaban J connectivity index is 1.31. The fourth-order valence-electron chi connectivity index (χ4n) is 5.25. The first kappa shape index (κ1) is 17.4. The zero-order chi connectivity index (χ0) is 18.7. The van der Waals surface area contributed by atoms with Crippen LogP contribution in [0.4, 0.5) is 5.82 Å². The molecule has 1 spiro atoms. The molecule has 0 unspecified atom stereocenters. The molecule has 2 bridgehead atoms. The summed E-state index contributed by atoms with van der Waals surface area (Å²) in [7, 11) is 0. The van der Waals surface area contributed by atoms with E-state index in [0.29, 0.717) is 25.4 Å². The molecule has 6 rings (SSSR count). The maximum atomic E-state index is 6.34. The summed E-state index contributed by atoms with van der Waals surface area (Å²) >= 11 is 6.34. The highest BCUT2D eigenvalue weighted by molar-refractivity contribution is 6.28. The molecule has 0 radical (unpaired) electrons. The van der Waals surface area contributed by atoms with E-state index in [4.69, 9.17) is 30.9 Å². The van der Waals surface area contributed by atoms with Gasteiger partial charge in [-0.3, -0.25) is 0 Å². The van der Waals surface area contributed by atoms with Gasteiger partial charge in [-0.15, -0.1) is 0 Å². The van der Waals surface area contributed by atoms with Crippen LogP contribution >= 0.6 is 11.6 Å². The fourth-order valence-corrected chi connectivity index (χ4v) is 5.41. The van der Waals surface area contributed by atoms with E-state index in [1.807, 2.05) is 10.9 Å². The zero-order valence-electron chi connectivity index (χ0n) is 15.7. The summed E-state index contributed by atoms with van der Waals surface area (Å²) in [5.74, 6) is 0.515. The SMILES string of the molecule is Clc1nc(N2C[C@H]3CC[C@@H](C2)O3)c2cnn(C3CCC4(CC3)OCCO4)c2n1. The Morgan fingerprint density at radius 1 is 1.00 bits per heavy atom. The first-order valence-corrected chi connectivity index (χ1v) is 10.7. The molecule has 0 N–H and O–H groups in total. The minimum absolute atomic E-state index is 0.274. The fraction of sp³-hybridized carbons (Fsp3) is 0.737. The Kier molecular flexibility index (Phi) is 4.05. The number of morpholine rings is 1. The lowest BCUT2D eigenvalue weighted by molar-refractivity contribution is -0.181. The lowest BCUT2D eigenvalue weighted by Crippen LogP contribution is -2.43. The predicted molar refractivity (Wildman–Crippen MR) is 103 cm³/mol. The van der Waals surface area contributed by atoms with Gasteiger partial charge in [-0.2, -0.15) is 15.1 Å². The van der Waals surface area contributed by atoms with Crippen LogP contribution in [0.5, 0.6) is 0 Å². The van der Waals surface area contributed by atoms with Gasteiger partial charge in [0.2, 0.25) is 5.28 Å². The number of hydrogen-bond acceptors (Lipinski definition) is 7. The number of nitrogens with zero attached hydrogens (tertiary/aromatic N) is 5. The molecule has 5 heterocycles. The molecular formula is C19H24ClN5O3.